The van der Waals surface area contributed by atoms with Crippen molar-refractivity contribution in [3.63, 3.8) is 0 Å². The molecule has 0 bridgehead atoms. The van der Waals surface area contributed by atoms with Crippen molar-refractivity contribution in [3.05, 3.63) is 6.42 Å². The quantitative estimate of drug-likeness (QED) is 0.224. The molecule has 0 aliphatic heterocycles. The third-order valence-corrected chi connectivity index (χ3v) is 6.98. The van der Waals surface area contributed by atoms with E-state index in [-0.39, 0.29) is 45.0 Å². The van der Waals surface area contributed by atoms with Crippen LogP contribution in [0.3, 0.4) is 0 Å². The number of halogens is 5. The zero-order valence-corrected chi connectivity index (χ0v) is 19.4. The van der Waals surface area contributed by atoms with Gasteiger partial charge in [-0.2, -0.15) is 13.2 Å². The van der Waals surface area contributed by atoms with Gasteiger partial charge in [0.1, 0.15) is 6.17 Å². The van der Waals surface area contributed by atoms with Crippen LogP contribution in [-0.4, -0.2) is 18.5 Å². The topological polar surface area (TPSA) is 0 Å². The van der Waals surface area contributed by atoms with Gasteiger partial charge in [0.05, 0.1) is 5.92 Å². The van der Waals surface area contributed by atoms with Crippen LogP contribution in [0.5, 0.6) is 0 Å². The number of hydrogen-bond donors (Lipinski definition) is 0. The minimum Gasteiger partial charge on any atom is -0.282 e. The Labute approximate surface area is 191 Å². The molecule has 0 heterocycles. The third kappa shape index (κ3) is 6.40. The van der Waals surface area contributed by atoms with E-state index in [1.165, 1.54) is 25.7 Å². The zero-order valence-electron chi connectivity index (χ0n) is 16.5. The fourth-order valence-electron chi connectivity index (χ4n) is 5.22. The SMILES string of the molecule is CC1CCC(C2CCC(C#CC3[CH-]C(F)C(C(F)(F)F)C(F)C3)CC2)CC1.[Y]. The molecule has 157 valence electrons. The van der Waals surface area contributed by atoms with Crippen molar-refractivity contribution in [2.75, 3.05) is 0 Å². The predicted molar refractivity (Wildman–Crippen MR) is 96.1 cm³/mol. The molecule has 0 nitrogen and oxygen atoms in total. The van der Waals surface area contributed by atoms with Gasteiger partial charge in [-0.3, -0.25) is 10.8 Å². The van der Waals surface area contributed by atoms with E-state index in [1.54, 1.807) is 0 Å². The van der Waals surface area contributed by atoms with E-state index in [9.17, 15) is 22.0 Å². The van der Waals surface area contributed by atoms with Gasteiger partial charge in [0, 0.05) is 38.6 Å². The van der Waals surface area contributed by atoms with Crippen LogP contribution in [0, 0.1) is 53.8 Å². The monoisotopic (exact) mass is 478 g/mol. The minimum absolute atomic E-state index is 0. The van der Waals surface area contributed by atoms with Gasteiger partial charge >= 0.3 is 6.18 Å². The molecule has 0 aromatic heterocycles. The number of alkyl halides is 5. The smallest absolute Gasteiger partial charge is 0.282 e. The molecule has 0 N–H and O–H groups in total. The molecule has 3 saturated carbocycles. The van der Waals surface area contributed by atoms with E-state index in [4.69, 9.17) is 0 Å². The van der Waals surface area contributed by atoms with E-state index in [0.717, 1.165) is 49.9 Å². The van der Waals surface area contributed by atoms with Gasteiger partial charge < -0.3 is 0 Å². The summed E-state index contributed by atoms with van der Waals surface area (Å²) in [6.07, 6.45) is 0.855. The zero-order chi connectivity index (χ0) is 19.6. The average Bonchev–Trinajstić information content (AvgIpc) is 2.59. The molecule has 3 rings (SSSR count). The Morgan fingerprint density at radius 3 is 1.86 bits per heavy atom. The van der Waals surface area contributed by atoms with Crippen molar-refractivity contribution in [1.29, 1.82) is 0 Å². The summed E-state index contributed by atoms with van der Waals surface area (Å²) in [7, 11) is 0. The van der Waals surface area contributed by atoms with Crippen molar-refractivity contribution in [1.82, 2.24) is 0 Å². The van der Waals surface area contributed by atoms with E-state index in [0.29, 0.717) is 0 Å². The van der Waals surface area contributed by atoms with Crippen LogP contribution >= 0.6 is 0 Å². The molecule has 0 aromatic carbocycles. The second-order valence-corrected chi connectivity index (χ2v) is 8.98. The van der Waals surface area contributed by atoms with Gasteiger partial charge in [0.15, 0.2) is 0 Å². The average molecular weight is 478 g/mol. The maximum atomic E-state index is 13.8. The third-order valence-electron chi connectivity index (χ3n) is 6.98. The molecule has 28 heavy (non-hydrogen) atoms. The number of hydrogen-bond acceptors (Lipinski definition) is 0. The maximum absolute atomic E-state index is 13.8. The molecule has 6 heteroatoms. The molecular formula is C22H30F5Y-. The summed E-state index contributed by atoms with van der Waals surface area (Å²) in [6, 6.07) is 0. The van der Waals surface area contributed by atoms with E-state index in [1.807, 2.05) is 0 Å². The van der Waals surface area contributed by atoms with Gasteiger partial charge in [-0.25, -0.2) is 4.39 Å². The van der Waals surface area contributed by atoms with Crippen LogP contribution in [0.4, 0.5) is 22.0 Å². The molecule has 3 fully saturated rings. The van der Waals surface area contributed by atoms with Crippen molar-refractivity contribution in [2.24, 2.45) is 35.5 Å². The molecule has 1 radical (unpaired) electrons. The maximum Gasteiger partial charge on any atom is 0.394 e. The van der Waals surface area contributed by atoms with Crippen LogP contribution in [-0.2, 0) is 32.7 Å². The minimum atomic E-state index is -4.84. The van der Waals surface area contributed by atoms with Crippen LogP contribution < -0.4 is 0 Å². The van der Waals surface area contributed by atoms with Crippen molar-refractivity contribution >= 4 is 0 Å². The second kappa shape index (κ2) is 10.6. The van der Waals surface area contributed by atoms with E-state index in [2.05, 4.69) is 18.8 Å². The summed E-state index contributed by atoms with van der Waals surface area (Å²) >= 11 is 0. The molecule has 4 unspecified atom stereocenters. The summed E-state index contributed by atoms with van der Waals surface area (Å²) in [5.41, 5.74) is 0. The van der Waals surface area contributed by atoms with Crippen molar-refractivity contribution in [2.45, 2.75) is 83.2 Å². The molecule has 3 aliphatic rings. The normalized spacial score (nSPS) is 42.1. The van der Waals surface area contributed by atoms with Crippen LogP contribution in [0.15, 0.2) is 0 Å². The van der Waals surface area contributed by atoms with Crippen LogP contribution in [0.25, 0.3) is 0 Å². The first-order chi connectivity index (χ1) is 12.7. The fraction of sp³-hybridized carbons (Fsp3) is 0.864. The first-order valence-electron chi connectivity index (χ1n) is 10.4. The summed E-state index contributed by atoms with van der Waals surface area (Å²) in [4.78, 5) is 0. The Hall–Kier alpha value is 0.314. The molecular weight excluding hydrogens is 448 g/mol. The van der Waals surface area contributed by atoms with Gasteiger partial charge in [0.25, 0.3) is 0 Å². The first-order valence-corrected chi connectivity index (χ1v) is 10.4. The largest absolute Gasteiger partial charge is 0.394 e. The second-order valence-electron chi connectivity index (χ2n) is 8.98. The van der Waals surface area contributed by atoms with E-state index >= 15 is 0 Å². The van der Waals surface area contributed by atoms with Gasteiger partial charge in [0.2, 0.25) is 0 Å². The van der Waals surface area contributed by atoms with Gasteiger partial charge in [-0.05, 0) is 68.9 Å². The molecule has 0 aromatic rings. The van der Waals surface area contributed by atoms with Gasteiger partial charge in [-0.1, -0.05) is 25.7 Å². The van der Waals surface area contributed by atoms with E-state index < -0.39 is 30.4 Å². The van der Waals surface area contributed by atoms with Crippen LogP contribution in [0.1, 0.15) is 64.7 Å². The molecule has 3 aliphatic carbocycles. The number of rotatable bonds is 1. The summed E-state index contributed by atoms with van der Waals surface area (Å²) in [5, 5.41) is 0. The summed E-state index contributed by atoms with van der Waals surface area (Å²) < 4.78 is 65.8. The van der Waals surface area contributed by atoms with Crippen molar-refractivity contribution < 1.29 is 54.7 Å². The Morgan fingerprint density at radius 2 is 1.36 bits per heavy atom. The van der Waals surface area contributed by atoms with Crippen molar-refractivity contribution in [3.8, 4) is 11.8 Å². The van der Waals surface area contributed by atoms with Gasteiger partial charge in [-0.15, -0.1) is 11.8 Å². The summed E-state index contributed by atoms with van der Waals surface area (Å²) in [6.45, 7) is 2.33. The molecule has 0 spiro atoms. The fourth-order valence-corrected chi connectivity index (χ4v) is 5.22. The predicted octanol–water partition coefficient (Wildman–Crippen LogP) is 6.70. The molecule has 0 amide bonds. The first kappa shape index (κ1) is 24.6. The Bertz CT molecular complexity index is 523. The standard InChI is InChI=1S/C22H30F5.Y/c1-14-2-8-17(9-3-14)18-10-6-15(7-11-18)4-5-16-12-19(23)21(20(24)13-16)22(25,26)27;/h12,14-21H,2-3,6-11,13H2,1H3;/q-1;. The Morgan fingerprint density at radius 1 is 0.821 bits per heavy atom. The Kier molecular flexibility index (Phi) is 9.27. The summed E-state index contributed by atoms with van der Waals surface area (Å²) in [5.74, 6) is 5.41. The van der Waals surface area contributed by atoms with Crippen LogP contribution in [0.2, 0.25) is 0 Å². The molecule has 4 atom stereocenters. The molecule has 0 saturated heterocycles. The Balaban J connectivity index is 0.00000280.